The molecule has 130 valence electrons. The van der Waals surface area contributed by atoms with Crippen molar-refractivity contribution in [1.29, 1.82) is 0 Å². The lowest BCUT2D eigenvalue weighted by molar-refractivity contribution is 0.286. The van der Waals surface area contributed by atoms with Gasteiger partial charge in [0.1, 0.15) is 12.4 Å². The van der Waals surface area contributed by atoms with Gasteiger partial charge in [0.2, 0.25) is 0 Å². The lowest BCUT2D eigenvalue weighted by Gasteiger charge is -2.11. The van der Waals surface area contributed by atoms with Gasteiger partial charge in [-0.25, -0.2) is 0 Å². The minimum atomic E-state index is 0.417. The molecule has 0 spiro atoms. The van der Waals surface area contributed by atoms with Gasteiger partial charge in [-0.15, -0.1) is 10.2 Å². The Morgan fingerprint density at radius 1 is 0.960 bits per heavy atom. The van der Waals surface area contributed by atoms with Crippen molar-refractivity contribution < 1.29 is 4.74 Å². The Bertz CT molecular complexity index is 836. The standard InChI is InChI=1S/C20H23N3OS/c1-14-8-10-17(11-9-14)13-25-20-22-21-18(23(20)4)12-24-19-15(2)6-5-7-16(19)3/h5-11H,12-13H2,1-4H3. The molecule has 0 saturated heterocycles. The van der Waals surface area contributed by atoms with Crippen LogP contribution in [0.4, 0.5) is 0 Å². The highest BCUT2D eigenvalue weighted by Gasteiger charge is 2.11. The number of hydrogen-bond donors (Lipinski definition) is 0. The van der Waals surface area contributed by atoms with Crippen LogP contribution in [-0.4, -0.2) is 14.8 Å². The first-order valence-electron chi connectivity index (χ1n) is 8.30. The van der Waals surface area contributed by atoms with E-state index in [1.807, 2.05) is 17.7 Å². The van der Waals surface area contributed by atoms with Crippen molar-refractivity contribution >= 4 is 11.8 Å². The maximum atomic E-state index is 5.99. The minimum Gasteiger partial charge on any atom is -0.485 e. The molecule has 0 fully saturated rings. The third-order valence-corrected chi connectivity index (χ3v) is 5.26. The van der Waals surface area contributed by atoms with Crippen LogP contribution >= 0.6 is 11.8 Å². The van der Waals surface area contributed by atoms with Crippen LogP contribution in [0.3, 0.4) is 0 Å². The van der Waals surface area contributed by atoms with Gasteiger partial charge in [-0.3, -0.25) is 0 Å². The quantitative estimate of drug-likeness (QED) is 0.607. The van der Waals surface area contributed by atoms with Crippen LogP contribution in [0.15, 0.2) is 47.6 Å². The Balaban J connectivity index is 1.64. The van der Waals surface area contributed by atoms with Crippen LogP contribution in [0.5, 0.6) is 5.75 Å². The van der Waals surface area contributed by atoms with Gasteiger partial charge in [-0.1, -0.05) is 59.8 Å². The average molecular weight is 353 g/mol. The summed E-state index contributed by atoms with van der Waals surface area (Å²) < 4.78 is 8.00. The normalized spacial score (nSPS) is 10.9. The van der Waals surface area contributed by atoms with Gasteiger partial charge in [0.25, 0.3) is 0 Å². The van der Waals surface area contributed by atoms with Crippen LogP contribution in [0, 0.1) is 20.8 Å². The van der Waals surface area contributed by atoms with E-state index < -0.39 is 0 Å². The Kier molecular flexibility index (Phi) is 5.43. The van der Waals surface area contributed by atoms with Gasteiger partial charge in [0.05, 0.1) is 0 Å². The SMILES string of the molecule is Cc1ccc(CSc2nnc(COc3c(C)cccc3C)n2C)cc1. The molecule has 0 aliphatic heterocycles. The zero-order valence-electron chi connectivity index (χ0n) is 15.1. The smallest absolute Gasteiger partial charge is 0.191 e. The molecule has 0 atom stereocenters. The van der Waals surface area contributed by atoms with Crippen LogP contribution in [0.1, 0.15) is 28.1 Å². The first kappa shape index (κ1) is 17.5. The molecule has 0 aliphatic carbocycles. The fraction of sp³-hybridized carbons (Fsp3) is 0.300. The van der Waals surface area contributed by atoms with Gasteiger partial charge in [0, 0.05) is 12.8 Å². The van der Waals surface area contributed by atoms with Crippen molar-refractivity contribution in [3.8, 4) is 5.75 Å². The maximum Gasteiger partial charge on any atom is 0.191 e. The molecule has 1 heterocycles. The van der Waals surface area contributed by atoms with Crippen molar-refractivity contribution in [2.75, 3.05) is 0 Å². The number of aryl methyl sites for hydroxylation is 3. The van der Waals surface area contributed by atoms with E-state index in [0.717, 1.165) is 33.6 Å². The molecule has 0 radical (unpaired) electrons. The van der Waals surface area contributed by atoms with Crippen molar-refractivity contribution in [2.24, 2.45) is 7.05 Å². The predicted octanol–water partition coefficient (Wildman–Crippen LogP) is 4.61. The third-order valence-electron chi connectivity index (χ3n) is 4.17. The van der Waals surface area contributed by atoms with E-state index in [1.54, 1.807) is 11.8 Å². The number of aromatic nitrogens is 3. The molecule has 0 amide bonds. The summed E-state index contributed by atoms with van der Waals surface area (Å²) in [4.78, 5) is 0. The molecule has 0 unspecified atom stereocenters. The number of hydrogen-bond acceptors (Lipinski definition) is 4. The number of ether oxygens (including phenoxy) is 1. The lowest BCUT2D eigenvalue weighted by atomic mass is 10.1. The monoisotopic (exact) mass is 353 g/mol. The van der Waals surface area contributed by atoms with E-state index in [1.165, 1.54) is 11.1 Å². The van der Waals surface area contributed by atoms with Crippen molar-refractivity contribution in [3.05, 3.63) is 70.5 Å². The highest BCUT2D eigenvalue weighted by Crippen LogP contribution is 2.25. The van der Waals surface area contributed by atoms with Crippen molar-refractivity contribution in [2.45, 2.75) is 38.3 Å². The van der Waals surface area contributed by atoms with Crippen molar-refractivity contribution in [3.63, 3.8) is 0 Å². The molecule has 0 N–H and O–H groups in total. The highest BCUT2D eigenvalue weighted by molar-refractivity contribution is 7.98. The zero-order chi connectivity index (χ0) is 17.8. The molecule has 1 aromatic heterocycles. The molecule has 2 aromatic carbocycles. The van der Waals surface area contributed by atoms with Gasteiger partial charge >= 0.3 is 0 Å². The summed E-state index contributed by atoms with van der Waals surface area (Å²) in [6.45, 7) is 6.63. The summed E-state index contributed by atoms with van der Waals surface area (Å²) >= 11 is 1.69. The van der Waals surface area contributed by atoms with E-state index in [-0.39, 0.29) is 0 Å². The van der Waals surface area contributed by atoms with Crippen molar-refractivity contribution in [1.82, 2.24) is 14.8 Å². The first-order valence-corrected chi connectivity index (χ1v) is 9.29. The second-order valence-corrected chi connectivity index (χ2v) is 7.18. The molecule has 25 heavy (non-hydrogen) atoms. The predicted molar refractivity (Wildman–Crippen MR) is 102 cm³/mol. The second-order valence-electron chi connectivity index (χ2n) is 6.24. The molecule has 5 heteroatoms. The Morgan fingerprint density at radius 2 is 1.64 bits per heavy atom. The maximum absolute atomic E-state index is 5.99. The average Bonchev–Trinajstić information content (AvgIpc) is 2.94. The number of thioether (sulfide) groups is 1. The van der Waals surface area contributed by atoms with E-state index >= 15 is 0 Å². The van der Waals surface area contributed by atoms with Gasteiger partial charge in [-0.05, 0) is 37.5 Å². The van der Waals surface area contributed by atoms with Crippen LogP contribution in [0.25, 0.3) is 0 Å². The molecular weight excluding hydrogens is 330 g/mol. The summed E-state index contributed by atoms with van der Waals surface area (Å²) in [6, 6.07) is 14.7. The first-order chi connectivity index (χ1) is 12.0. The summed E-state index contributed by atoms with van der Waals surface area (Å²) in [7, 11) is 1.99. The molecule has 3 aromatic rings. The van der Waals surface area contributed by atoms with Crippen LogP contribution in [0.2, 0.25) is 0 Å². The van der Waals surface area contributed by atoms with E-state index in [2.05, 4.69) is 67.4 Å². The lowest BCUT2D eigenvalue weighted by Crippen LogP contribution is -2.05. The molecule has 0 saturated carbocycles. The topological polar surface area (TPSA) is 39.9 Å². The number of benzene rings is 2. The zero-order valence-corrected chi connectivity index (χ0v) is 15.9. The third kappa shape index (κ3) is 4.23. The van der Waals surface area contributed by atoms with Gasteiger partial charge in [-0.2, -0.15) is 0 Å². The number of nitrogens with zero attached hydrogens (tertiary/aromatic N) is 3. The summed E-state index contributed by atoms with van der Waals surface area (Å²) in [5.41, 5.74) is 4.83. The molecule has 0 aliphatic rings. The number of para-hydroxylation sites is 1. The van der Waals surface area contributed by atoms with Gasteiger partial charge in [0.15, 0.2) is 11.0 Å². The largest absolute Gasteiger partial charge is 0.485 e. The molecular formula is C20H23N3OS. The summed E-state index contributed by atoms with van der Waals surface area (Å²) in [5.74, 6) is 2.64. The molecule has 3 rings (SSSR count). The van der Waals surface area contributed by atoms with Crippen LogP contribution < -0.4 is 4.74 Å². The second kappa shape index (κ2) is 7.74. The Hall–Kier alpha value is -2.27. The molecule has 0 bridgehead atoms. The van der Waals surface area contributed by atoms with E-state index in [0.29, 0.717) is 6.61 Å². The Morgan fingerprint density at radius 3 is 2.32 bits per heavy atom. The summed E-state index contributed by atoms with van der Waals surface area (Å²) in [5, 5.41) is 9.49. The Labute approximate surface area is 153 Å². The molecule has 4 nitrogen and oxygen atoms in total. The number of rotatable bonds is 6. The van der Waals surface area contributed by atoms with Gasteiger partial charge < -0.3 is 9.30 Å². The highest BCUT2D eigenvalue weighted by atomic mass is 32.2. The fourth-order valence-corrected chi connectivity index (χ4v) is 3.48. The van der Waals surface area contributed by atoms with E-state index in [4.69, 9.17) is 4.74 Å². The minimum absolute atomic E-state index is 0.417. The van der Waals surface area contributed by atoms with Crippen LogP contribution in [-0.2, 0) is 19.4 Å². The fourth-order valence-electron chi connectivity index (χ4n) is 2.59. The summed E-state index contributed by atoms with van der Waals surface area (Å²) in [6.07, 6.45) is 0. The van der Waals surface area contributed by atoms with E-state index in [9.17, 15) is 0 Å².